The van der Waals surface area contributed by atoms with E-state index in [4.69, 9.17) is 11.5 Å². The van der Waals surface area contributed by atoms with Crippen LogP contribution in [-0.4, -0.2) is 16.6 Å². The summed E-state index contributed by atoms with van der Waals surface area (Å²) in [5.74, 6) is 1.70. The van der Waals surface area contributed by atoms with Crippen molar-refractivity contribution in [2.75, 3.05) is 0 Å². The smallest absolute Gasteiger partial charge is 0.214 e. The number of aliphatic imine (C=N–C) groups is 1. The summed E-state index contributed by atoms with van der Waals surface area (Å²) in [5.41, 5.74) is 15.0. The molecule has 2 heterocycles. The molecule has 5 heteroatoms. The third kappa shape index (κ3) is 1.79. The molecule has 5 N–H and O–H groups in total. The predicted molar refractivity (Wildman–Crippen MR) is 71.9 cm³/mol. The maximum Gasteiger partial charge on any atom is 0.214 e. The number of nitrogens with two attached hydrogens (primary N) is 2. The molecule has 0 amide bonds. The van der Waals surface area contributed by atoms with Crippen molar-refractivity contribution in [2.45, 2.75) is 44.2 Å². The van der Waals surface area contributed by atoms with Crippen LogP contribution < -0.4 is 16.9 Å². The molecule has 3 aliphatic rings. The molecule has 0 aromatic carbocycles. The lowest BCUT2D eigenvalue weighted by Gasteiger charge is -2.44. The maximum absolute atomic E-state index is 6.66. The van der Waals surface area contributed by atoms with Gasteiger partial charge in [0.2, 0.25) is 5.96 Å². The Hall–Kier alpha value is -1.49. The molecule has 1 atom stereocenters. The van der Waals surface area contributed by atoms with Gasteiger partial charge in [0.25, 0.3) is 0 Å². The van der Waals surface area contributed by atoms with E-state index in [0.29, 0.717) is 11.9 Å². The highest BCUT2D eigenvalue weighted by molar-refractivity contribution is 5.80. The highest BCUT2D eigenvalue weighted by Crippen LogP contribution is 2.37. The Kier molecular flexibility index (Phi) is 2.78. The van der Waals surface area contributed by atoms with Crippen molar-refractivity contribution >= 4 is 5.96 Å². The second kappa shape index (κ2) is 4.31. The number of nitrogens with zero attached hydrogens (tertiary/aromatic N) is 2. The number of guanidine groups is 1. The average molecular weight is 247 g/mol. The summed E-state index contributed by atoms with van der Waals surface area (Å²) in [7, 11) is 0. The fourth-order valence-electron chi connectivity index (χ4n) is 3.20. The summed E-state index contributed by atoms with van der Waals surface area (Å²) in [6, 6.07) is 0. The zero-order chi connectivity index (χ0) is 12.6. The minimum absolute atomic E-state index is 0.424. The van der Waals surface area contributed by atoms with E-state index in [2.05, 4.69) is 16.5 Å². The molecule has 3 rings (SSSR count). The lowest BCUT2D eigenvalue weighted by atomic mass is 9.84. The summed E-state index contributed by atoms with van der Waals surface area (Å²) < 4.78 is 0. The van der Waals surface area contributed by atoms with Crippen LogP contribution >= 0.6 is 0 Å². The van der Waals surface area contributed by atoms with E-state index in [1.807, 2.05) is 17.2 Å². The molecule has 1 saturated carbocycles. The van der Waals surface area contributed by atoms with Crippen LogP contribution in [0.4, 0.5) is 0 Å². The monoisotopic (exact) mass is 247 g/mol. The van der Waals surface area contributed by atoms with Gasteiger partial charge >= 0.3 is 0 Å². The number of nitrogens with one attached hydrogen (secondary N) is 1. The highest BCUT2D eigenvalue weighted by atomic mass is 15.7. The van der Waals surface area contributed by atoms with Crippen LogP contribution in [0.25, 0.3) is 0 Å². The molecule has 0 radical (unpaired) electrons. The molecule has 5 nitrogen and oxygen atoms in total. The molecule has 0 aromatic rings. The summed E-state index contributed by atoms with van der Waals surface area (Å²) in [6.07, 6.45) is 13.5. The molecule has 98 valence electrons. The van der Waals surface area contributed by atoms with Crippen molar-refractivity contribution in [3.05, 3.63) is 24.0 Å². The van der Waals surface area contributed by atoms with E-state index >= 15 is 0 Å². The molecule has 18 heavy (non-hydrogen) atoms. The number of fused-ring (bicyclic) bond motifs is 1. The molecular formula is C13H21N5. The third-order valence-electron chi connectivity index (χ3n) is 4.20. The first-order valence-electron chi connectivity index (χ1n) is 6.79. The van der Waals surface area contributed by atoms with Gasteiger partial charge in [0.1, 0.15) is 5.66 Å². The van der Waals surface area contributed by atoms with Gasteiger partial charge in [0.15, 0.2) is 5.82 Å². The topological polar surface area (TPSA) is 79.7 Å². The first kappa shape index (κ1) is 11.6. The molecule has 1 fully saturated rings. The van der Waals surface area contributed by atoms with Gasteiger partial charge in [0.05, 0.1) is 0 Å². The number of rotatable bonds is 1. The van der Waals surface area contributed by atoms with Crippen molar-refractivity contribution in [2.24, 2.45) is 22.4 Å². The highest BCUT2D eigenvalue weighted by Gasteiger charge is 2.43. The van der Waals surface area contributed by atoms with Gasteiger partial charge in [-0.3, -0.25) is 5.43 Å². The lowest BCUT2D eigenvalue weighted by molar-refractivity contribution is 0.0824. The molecule has 2 aliphatic heterocycles. The SMILES string of the molecule is NC1=NC2=CC=CC(N)(C3CCCCCC3)N2N1. The van der Waals surface area contributed by atoms with Crippen LogP contribution in [0.1, 0.15) is 38.5 Å². The van der Waals surface area contributed by atoms with Crippen molar-refractivity contribution in [3.63, 3.8) is 0 Å². The normalized spacial score (nSPS) is 32.4. The number of hydrazine groups is 1. The number of allylic oxidation sites excluding steroid dienone is 2. The Labute approximate surface area is 108 Å². The minimum atomic E-state index is -0.501. The van der Waals surface area contributed by atoms with Gasteiger partial charge in [-0.1, -0.05) is 31.8 Å². The van der Waals surface area contributed by atoms with E-state index in [9.17, 15) is 0 Å². The molecule has 0 saturated heterocycles. The fourth-order valence-corrected chi connectivity index (χ4v) is 3.20. The van der Waals surface area contributed by atoms with Gasteiger partial charge in [-0.2, -0.15) is 4.99 Å². The van der Waals surface area contributed by atoms with Gasteiger partial charge < -0.3 is 11.5 Å². The molecule has 1 aliphatic carbocycles. The van der Waals surface area contributed by atoms with Crippen LogP contribution in [0.2, 0.25) is 0 Å². The Morgan fingerprint density at radius 1 is 1.28 bits per heavy atom. The molecule has 0 bridgehead atoms. The lowest BCUT2D eigenvalue weighted by Crippen LogP contribution is -2.63. The zero-order valence-electron chi connectivity index (χ0n) is 10.6. The second-order valence-electron chi connectivity index (χ2n) is 5.40. The third-order valence-corrected chi connectivity index (χ3v) is 4.20. The van der Waals surface area contributed by atoms with E-state index < -0.39 is 5.66 Å². The Balaban J connectivity index is 1.86. The Morgan fingerprint density at radius 3 is 2.72 bits per heavy atom. The van der Waals surface area contributed by atoms with E-state index in [1.54, 1.807) is 0 Å². The van der Waals surface area contributed by atoms with E-state index in [-0.39, 0.29) is 0 Å². The van der Waals surface area contributed by atoms with Gasteiger partial charge in [-0.25, -0.2) is 5.01 Å². The summed E-state index contributed by atoms with van der Waals surface area (Å²) in [4.78, 5) is 4.26. The Bertz CT molecular complexity index is 417. The van der Waals surface area contributed by atoms with Gasteiger partial charge in [-0.15, -0.1) is 0 Å². The zero-order valence-corrected chi connectivity index (χ0v) is 10.6. The van der Waals surface area contributed by atoms with E-state index in [0.717, 1.165) is 5.82 Å². The molecule has 0 aromatic heterocycles. The number of hydrogen-bond acceptors (Lipinski definition) is 5. The first-order valence-corrected chi connectivity index (χ1v) is 6.79. The van der Waals surface area contributed by atoms with Crippen molar-refractivity contribution < 1.29 is 0 Å². The fraction of sp³-hybridized carbons (Fsp3) is 0.615. The maximum atomic E-state index is 6.66. The minimum Gasteiger partial charge on any atom is -0.368 e. The van der Waals surface area contributed by atoms with Crippen LogP contribution in [0.3, 0.4) is 0 Å². The Morgan fingerprint density at radius 2 is 2.00 bits per heavy atom. The predicted octanol–water partition coefficient (Wildman–Crippen LogP) is 1.16. The summed E-state index contributed by atoms with van der Waals surface area (Å²) in [6.45, 7) is 0. The van der Waals surface area contributed by atoms with Crippen LogP contribution in [0, 0.1) is 5.92 Å². The molecular weight excluding hydrogens is 226 g/mol. The van der Waals surface area contributed by atoms with Crippen LogP contribution in [0.5, 0.6) is 0 Å². The largest absolute Gasteiger partial charge is 0.368 e. The number of hydrogen-bond donors (Lipinski definition) is 3. The molecule has 1 unspecified atom stereocenters. The van der Waals surface area contributed by atoms with Crippen molar-refractivity contribution in [1.29, 1.82) is 0 Å². The van der Waals surface area contributed by atoms with Crippen LogP contribution in [-0.2, 0) is 0 Å². The summed E-state index contributed by atoms with van der Waals surface area (Å²) >= 11 is 0. The standard InChI is InChI=1S/C13H21N5/c14-12-16-11-8-5-9-13(15,18(11)17-12)10-6-3-1-2-4-7-10/h5,8-10H,1-4,6-7,15H2,(H3,14,16,17). The quantitative estimate of drug-likeness (QED) is 0.607. The van der Waals surface area contributed by atoms with Crippen molar-refractivity contribution in [3.8, 4) is 0 Å². The van der Waals surface area contributed by atoms with Gasteiger partial charge in [-0.05, 0) is 25.0 Å². The van der Waals surface area contributed by atoms with Gasteiger partial charge in [0, 0.05) is 5.92 Å². The first-order chi connectivity index (χ1) is 8.70. The molecule has 0 spiro atoms. The average Bonchev–Trinajstić information content (AvgIpc) is 2.59. The van der Waals surface area contributed by atoms with Crippen molar-refractivity contribution in [1.82, 2.24) is 10.4 Å². The van der Waals surface area contributed by atoms with E-state index in [1.165, 1.54) is 38.5 Å². The van der Waals surface area contributed by atoms with Crippen LogP contribution in [0.15, 0.2) is 29.0 Å². The summed E-state index contributed by atoms with van der Waals surface area (Å²) in [5, 5.41) is 1.93. The second-order valence-corrected chi connectivity index (χ2v) is 5.40.